The van der Waals surface area contributed by atoms with Crippen LogP contribution in [0, 0.1) is 5.92 Å². The van der Waals surface area contributed by atoms with Crippen molar-refractivity contribution in [2.45, 2.75) is 26.0 Å². The zero-order chi connectivity index (χ0) is 12.0. The average molecular weight is 230 g/mol. The van der Waals surface area contributed by atoms with Crippen LogP contribution in [0.15, 0.2) is 0 Å². The number of hydrogen-bond donors (Lipinski definition) is 1. The molecule has 1 fully saturated rings. The summed E-state index contributed by atoms with van der Waals surface area (Å²) in [7, 11) is 4.16. The molecule has 1 N–H and O–H groups in total. The van der Waals surface area contributed by atoms with Crippen LogP contribution in [0.2, 0.25) is 0 Å². The van der Waals surface area contributed by atoms with Crippen LogP contribution in [0.4, 0.5) is 0 Å². The number of hydrogen-bond acceptors (Lipinski definition) is 4. The van der Waals surface area contributed by atoms with Gasteiger partial charge in [-0.1, -0.05) is 0 Å². The summed E-state index contributed by atoms with van der Waals surface area (Å²) in [6.45, 7) is 8.74. The maximum atomic E-state index is 5.54. The van der Waals surface area contributed by atoms with Crippen molar-refractivity contribution in [1.29, 1.82) is 0 Å². The van der Waals surface area contributed by atoms with E-state index in [2.05, 4.69) is 31.1 Å². The Labute approximate surface area is 99.3 Å². The van der Waals surface area contributed by atoms with Crippen LogP contribution in [0.3, 0.4) is 0 Å². The Morgan fingerprint density at radius 3 is 2.81 bits per heavy atom. The summed E-state index contributed by atoms with van der Waals surface area (Å²) in [6, 6.07) is 0.508. The lowest BCUT2D eigenvalue weighted by atomic mass is 10.0. The molecule has 0 saturated carbocycles. The normalized spacial score (nSPS) is 25.9. The minimum Gasteiger partial charge on any atom is -0.379 e. The summed E-state index contributed by atoms with van der Waals surface area (Å²) in [6.07, 6.45) is 0.327. The van der Waals surface area contributed by atoms with Crippen LogP contribution in [-0.2, 0) is 9.47 Å². The standard InChI is InChI=1S/C12H26N2O2/c1-10(2)16-6-5-14(4)7-11-8-15-9-12(11)13-3/h10-13H,5-9H2,1-4H3. The molecule has 0 aromatic carbocycles. The SMILES string of the molecule is CNC1COCC1CN(C)CCOC(C)C. The summed E-state index contributed by atoms with van der Waals surface area (Å²) >= 11 is 0. The van der Waals surface area contributed by atoms with E-state index in [1.807, 2.05) is 7.05 Å². The molecule has 0 spiro atoms. The van der Waals surface area contributed by atoms with Gasteiger partial charge in [0.2, 0.25) is 0 Å². The molecule has 1 aliphatic rings. The molecule has 0 bridgehead atoms. The number of likely N-dealkylation sites (N-methyl/N-ethyl adjacent to an activating group) is 2. The molecule has 16 heavy (non-hydrogen) atoms. The molecule has 96 valence electrons. The third-order valence-corrected chi connectivity index (χ3v) is 3.04. The summed E-state index contributed by atoms with van der Waals surface area (Å²) in [5.41, 5.74) is 0. The second-order valence-corrected chi connectivity index (χ2v) is 4.87. The van der Waals surface area contributed by atoms with E-state index in [0.29, 0.717) is 18.1 Å². The van der Waals surface area contributed by atoms with Crippen molar-refractivity contribution in [2.75, 3.05) is 47.0 Å². The van der Waals surface area contributed by atoms with Crippen molar-refractivity contribution in [3.05, 3.63) is 0 Å². The highest BCUT2D eigenvalue weighted by molar-refractivity contribution is 4.81. The van der Waals surface area contributed by atoms with Crippen LogP contribution < -0.4 is 5.32 Å². The van der Waals surface area contributed by atoms with Crippen molar-refractivity contribution in [3.8, 4) is 0 Å². The van der Waals surface area contributed by atoms with E-state index >= 15 is 0 Å². The Hall–Kier alpha value is -0.160. The van der Waals surface area contributed by atoms with Gasteiger partial charge >= 0.3 is 0 Å². The second kappa shape index (κ2) is 7.22. The molecule has 1 aliphatic heterocycles. The van der Waals surface area contributed by atoms with Gasteiger partial charge in [-0.25, -0.2) is 0 Å². The highest BCUT2D eigenvalue weighted by atomic mass is 16.5. The van der Waals surface area contributed by atoms with Crippen molar-refractivity contribution in [1.82, 2.24) is 10.2 Å². The average Bonchev–Trinajstić information content (AvgIpc) is 2.64. The molecular formula is C12H26N2O2. The molecule has 1 saturated heterocycles. The van der Waals surface area contributed by atoms with E-state index in [1.165, 1.54) is 0 Å². The third kappa shape index (κ3) is 4.78. The predicted molar refractivity (Wildman–Crippen MR) is 65.7 cm³/mol. The van der Waals surface area contributed by atoms with Gasteiger partial charge in [-0.05, 0) is 27.9 Å². The molecule has 2 atom stereocenters. The minimum absolute atomic E-state index is 0.327. The Morgan fingerprint density at radius 1 is 1.44 bits per heavy atom. The van der Waals surface area contributed by atoms with Crippen molar-refractivity contribution in [3.63, 3.8) is 0 Å². The van der Waals surface area contributed by atoms with E-state index in [9.17, 15) is 0 Å². The monoisotopic (exact) mass is 230 g/mol. The van der Waals surface area contributed by atoms with E-state index < -0.39 is 0 Å². The molecule has 1 rings (SSSR count). The van der Waals surface area contributed by atoms with Gasteiger partial charge in [0.1, 0.15) is 0 Å². The molecule has 0 aromatic heterocycles. The summed E-state index contributed by atoms with van der Waals surface area (Å²) in [4.78, 5) is 2.33. The van der Waals surface area contributed by atoms with Crippen LogP contribution in [-0.4, -0.2) is 64.1 Å². The summed E-state index contributed by atoms with van der Waals surface area (Å²) in [5, 5.41) is 3.31. The van der Waals surface area contributed by atoms with Gasteiger partial charge in [-0.3, -0.25) is 0 Å². The van der Waals surface area contributed by atoms with Gasteiger partial charge in [-0.15, -0.1) is 0 Å². The molecule has 4 nitrogen and oxygen atoms in total. The zero-order valence-electron chi connectivity index (χ0n) is 11.0. The number of ether oxygens (including phenoxy) is 2. The lowest BCUT2D eigenvalue weighted by Gasteiger charge is -2.24. The Kier molecular flexibility index (Phi) is 6.28. The van der Waals surface area contributed by atoms with Gasteiger partial charge in [0.15, 0.2) is 0 Å². The third-order valence-electron chi connectivity index (χ3n) is 3.04. The highest BCUT2D eigenvalue weighted by Crippen LogP contribution is 2.14. The molecule has 1 heterocycles. The largest absolute Gasteiger partial charge is 0.379 e. The molecule has 4 heteroatoms. The quantitative estimate of drug-likeness (QED) is 0.693. The molecule has 0 aliphatic carbocycles. The fraction of sp³-hybridized carbons (Fsp3) is 1.00. The smallest absolute Gasteiger partial charge is 0.0623 e. The lowest BCUT2D eigenvalue weighted by molar-refractivity contribution is 0.0601. The van der Waals surface area contributed by atoms with Gasteiger partial charge in [-0.2, -0.15) is 0 Å². The predicted octanol–water partition coefficient (Wildman–Crippen LogP) is 0.578. The van der Waals surface area contributed by atoms with Gasteiger partial charge in [0.05, 0.1) is 25.9 Å². The van der Waals surface area contributed by atoms with E-state index in [1.54, 1.807) is 0 Å². The Balaban J connectivity index is 2.15. The first kappa shape index (κ1) is 13.9. The Morgan fingerprint density at radius 2 is 2.19 bits per heavy atom. The first-order valence-electron chi connectivity index (χ1n) is 6.18. The van der Waals surface area contributed by atoms with Crippen LogP contribution in [0.5, 0.6) is 0 Å². The highest BCUT2D eigenvalue weighted by Gasteiger charge is 2.27. The minimum atomic E-state index is 0.327. The fourth-order valence-electron chi connectivity index (χ4n) is 2.03. The van der Waals surface area contributed by atoms with Crippen LogP contribution >= 0.6 is 0 Å². The maximum Gasteiger partial charge on any atom is 0.0623 e. The molecule has 0 amide bonds. The van der Waals surface area contributed by atoms with Gasteiger partial charge < -0.3 is 19.7 Å². The number of nitrogens with zero attached hydrogens (tertiary/aromatic N) is 1. The van der Waals surface area contributed by atoms with E-state index in [4.69, 9.17) is 9.47 Å². The number of rotatable bonds is 7. The second-order valence-electron chi connectivity index (χ2n) is 4.87. The summed E-state index contributed by atoms with van der Waals surface area (Å²) < 4.78 is 11.0. The topological polar surface area (TPSA) is 33.7 Å². The molecular weight excluding hydrogens is 204 g/mol. The molecule has 2 unspecified atom stereocenters. The van der Waals surface area contributed by atoms with Crippen molar-refractivity contribution in [2.24, 2.45) is 5.92 Å². The van der Waals surface area contributed by atoms with Crippen molar-refractivity contribution >= 4 is 0 Å². The van der Waals surface area contributed by atoms with Crippen LogP contribution in [0.25, 0.3) is 0 Å². The zero-order valence-corrected chi connectivity index (χ0v) is 11.0. The van der Waals surface area contributed by atoms with Crippen molar-refractivity contribution < 1.29 is 9.47 Å². The summed E-state index contributed by atoms with van der Waals surface area (Å²) in [5.74, 6) is 0.606. The fourth-order valence-corrected chi connectivity index (χ4v) is 2.03. The molecule has 0 radical (unpaired) electrons. The van der Waals surface area contributed by atoms with E-state index in [-0.39, 0.29) is 0 Å². The molecule has 0 aromatic rings. The van der Waals surface area contributed by atoms with Crippen LogP contribution in [0.1, 0.15) is 13.8 Å². The maximum absolute atomic E-state index is 5.54. The Bertz CT molecular complexity index is 188. The van der Waals surface area contributed by atoms with E-state index in [0.717, 1.165) is 32.9 Å². The first-order chi connectivity index (χ1) is 7.63. The van der Waals surface area contributed by atoms with Gasteiger partial charge in [0, 0.05) is 25.0 Å². The first-order valence-corrected chi connectivity index (χ1v) is 6.18. The van der Waals surface area contributed by atoms with Gasteiger partial charge in [0.25, 0.3) is 0 Å². The number of nitrogens with one attached hydrogen (secondary N) is 1. The lowest BCUT2D eigenvalue weighted by Crippen LogP contribution is -2.39.